The number of carbonyl (C=O) groups is 2. The Kier molecular flexibility index (Phi) is 4.44. The van der Waals surface area contributed by atoms with Gasteiger partial charge in [-0.15, -0.1) is 0 Å². The van der Waals surface area contributed by atoms with Crippen LogP contribution in [-0.4, -0.2) is 30.7 Å². The van der Waals surface area contributed by atoms with E-state index < -0.39 is 5.91 Å². The Morgan fingerprint density at radius 2 is 1.76 bits per heavy atom. The first-order valence-corrected chi connectivity index (χ1v) is 5.72. The standard InChI is InChI=1S/C14H19NO2/c1-10-7-12(3)13(8-11(10)2)5-6-15(4)14(17)9-16/h7-9H,5-6H2,1-4H3. The second kappa shape index (κ2) is 5.62. The predicted molar refractivity (Wildman–Crippen MR) is 68.1 cm³/mol. The number of nitrogens with zero attached hydrogens (tertiary/aromatic N) is 1. The van der Waals surface area contributed by atoms with Crippen molar-refractivity contribution in [1.82, 2.24) is 4.90 Å². The highest BCUT2D eigenvalue weighted by Gasteiger charge is 2.08. The van der Waals surface area contributed by atoms with Gasteiger partial charge in [-0.25, -0.2) is 0 Å². The molecule has 0 N–H and O–H groups in total. The van der Waals surface area contributed by atoms with Crippen molar-refractivity contribution in [3.63, 3.8) is 0 Å². The Morgan fingerprint density at radius 3 is 2.35 bits per heavy atom. The zero-order chi connectivity index (χ0) is 13.0. The highest BCUT2D eigenvalue weighted by atomic mass is 16.2. The fourth-order valence-electron chi connectivity index (χ4n) is 1.78. The van der Waals surface area contributed by atoms with E-state index in [-0.39, 0.29) is 0 Å². The van der Waals surface area contributed by atoms with E-state index in [4.69, 9.17) is 0 Å². The molecule has 0 spiro atoms. The maximum atomic E-state index is 11.1. The average Bonchev–Trinajstić information content (AvgIpc) is 2.30. The highest BCUT2D eigenvalue weighted by molar-refractivity contribution is 6.23. The van der Waals surface area contributed by atoms with E-state index in [9.17, 15) is 9.59 Å². The molecule has 0 saturated carbocycles. The number of amides is 1. The summed E-state index contributed by atoms with van der Waals surface area (Å²) in [5, 5.41) is 0. The monoisotopic (exact) mass is 233 g/mol. The number of hydrogen-bond donors (Lipinski definition) is 0. The first-order valence-electron chi connectivity index (χ1n) is 5.72. The van der Waals surface area contributed by atoms with E-state index in [1.165, 1.54) is 27.2 Å². The quantitative estimate of drug-likeness (QED) is 0.587. The predicted octanol–water partition coefficient (Wildman–Crippen LogP) is 1.81. The van der Waals surface area contributed by atoms with Crippen LogP contribution in [0, 0.1) is 20.8 Å². The summed E-state index contributed by atoms with van der Waals surface area (Å²) in [6.07, 6.45) is 1.14. The van der Waals surface area contributed by atoms with Gasteiger partial charge in [-0.1, -0.05) is 12.1 Å². The molecule has 3 heteroatoms. The first kappa shape index (κ1) is 13.4. The zero-order valence-corrected chi connectivity index (χ0v) is 10.9. The third-order valence-corrected chi connectivity index (χ3v) is 3.15. The molecule has 1 aromatic rings. The number of rotatable bonds is 4. The molecule has 0 atom stereocenters. The molecule has 0 aliphatic carbocycles. The van der Waals surface area contributed by atoms with Crippen LogP contribution < -0.4 is 0 Å². The summed E-state index contributed by atoms with van der Waals surface area (Å²) in [7, 11) is 1.65. The molecule has 0 heterocycles. The maximum Gasteiger partial charge on any atom is 0.286 e. The number of benzene rings is 1. The van der Waals surface area contributed by atoms with Crippen LogP contribution in [0.25, 0.3) is 0 Å². The molecule has 0 bridgehead atoms. The summed E-state index contributed by atoms with van der Waals surface area (Å²) in [5.41, 5.74) is 5.01. The van der Waals surface area contributed by atoms with Crippen LogP contribution in [0.5, 0.6) is 0 Å². The molecule has 3 nitrogen and oxygen atoms in total. The molecule has 92 valence electrons. The van der Waals surface area contributed by atoms with Crippen LogP contribution in [0.15, 0.2) is 12.1 Å². The number of aryl methyl sites for hydroxylation is 3. The molecule has 17 heavy (non-hydrogen) atoms. The van der Waals surface area contributed by atoms with E-state index in [2.05, 4.69) is 32.9 Å². The number of carbonyl (C=O) groups excluding carboxylic acids is 2. The summed E-state index contributed by atoms with van der Waals surface area (Å²) < 4.78 is 0. The lowest BCUT2D eigenvalue weighted by molar-refractivity contribution is -0.137. The zero-order valence-electron chi connectivity index (χ0n) is 10.9. The molecule has 1 rings (SSSR count). The first-order chi connectivity index (χ1) is 7.95. The Morgan fingerprint density at radius 1 is 1.18 bits per heavy atom. The lowest BCUT2D eigenvalue weighted by atomic mass is 9.99. The van der Waals surface area contributed by atoms with Crippen LogP contribution in [0.4, 0.5) is 0 Å². The maximum absolute atomic E-state index is 11.1. The average molecular weight is 233 g/mol. The number of aldehydes is 1. The van der Waals surface area contributed by atoms with Crippen molar-refractivity contribution in [3.05, 3.63) is 34.4 Å². The molecule has 0 unspecified atom stereocenters. The van der Waals surface area contributed by atoms with E-state index in [0.717, 1.165) is 6.42 Å². The van der Waals surface area contributed by atoms with Crippen molar-refractivity contribution in [2.75, 3.05) is 13.6 Å². The van der Waals surface area contributed by atoms with E-state index in [1.807, 2.05) is 0 Å². The largest absolute Gasteiger partial charge is 0.339 e. The SMILES string of the molecule is Cc1cc(C)c(CCN(C)C(=O)C=O)cc1C. The Labute approximate surface area is 102 Å². The van der Waals surface area contributed by atoms with Gasteiger partial charge in [0.15, 0.2) is 0 Å². The van der Waals surface area contributed by atoms with Gasteiger partial charge in [-0.3, -0.25) is 9.59 Å². The highest BCUT2D eigenvalue weighted by Crippen LogP contribution is 2.15. The van der Waals surface area contributed by atoms with Crippen molar-refractivity contribution >= 4 is 12.2 Å². The lowest BCUT2D eigenvalue weighted by Crippen LogP contribution is -2.29. The normalized spacial score (nSPS) is 10.1. The minimum absolute atomic E-state index is 0.354. The summed E-state index contributed by atoms with van der Waals surface area (Å²) in [6, 6.07) is 4.32. The van der Waals surface area contributed by atoms with Crippen molar-refractivity contribution in [2.45, 2.75) is 27.2 Å². The van der Waals surface area contributed by atoms with Gasteiger partial charge in [0.2, 0.25) is 6.29 Å². The van der Waals surface area contributed by atoms with Gasteiger partial charge in [0.1, 0.15) is 0 Å². The molecule has 0 saturated heterocycles. The molecule has 0 aliphatic heterocycles. The minimum Gasteiger partial charge on any atom is -0.339 e. The summed E-state index contributed by atoms with van der Waals surface area (Å²) in [6.45, 7) is 6.82. The number of likely N-dealkylation sites (N-methyl/N-ethyl adjacent to an activating group) is 1. The minimum atomic E-state index is -0.466. The Hall–Kier alpha value is -1.64. The van der Waals surface area contributed by atoms with Crippen molar-refractivity contribution in [3.8, 4) is 0 Å². The Bertz CT molecular complexity index is 438. The molecule has 0 radical (unpaired) electrons. The third kappa shape index (κ3) is 3.41. The molecule has 1 aromatic carbocycles. The summed E-state index contributed by atoms with van der Waals surface area (Å²) in [4.78, 5) is 22.9. The van der Waals surface area contributed by atoms with Gasteiger partial charge in [0.05, 0.1) is 0 Å². The Balaban J connectivity index is 2.73. The van der Waals surface area contributed by atoms with Crippen molar-refractivity contribution in [2.24, 2.45) is 0 Å². The molecule has 0 fully saturated rings. The van der Waals surface area contributed by atoms with Crippen LogP contribution in [0.3, 0.4) is 0 Å². The molecule has 0 aliphatic rings. The summed E-state index contributed by atoms with van der Waals surface area (Å²) in [5.74, 6) is -0.466. The third-order valence-electron chi connectivity index (χ3n) is 3.15. The van der Waals surface area contributed by atoms with Crippen LogP contribution in [-0.2, 0) is 16.0 Å². The van der Waals surface area contributed by atoms with Gasteiger partial charge < -0.3 is 4.90 Å². The lowest BCUT2D eigenvalue weighted by Gasteiger charge is -2.15. The fourth-order valence-corrected chi connectivity index (χ4v) is 1.78. The molecule has 0 aromatic heterocycles. The fraction of sp³-hybridized carbons (Fsp3) is 0.429. The van der Waals surface area contributed by atoms with Gasteiger partial charge in [0, 0.05) is 13.6 Å². The van der Waals surface area contributed by atoms with E-state index >= 15 is 0 Å². The van der Waals surface area contributed by atoms with Crippen molar-refractivity contribution < 1.29 is 9.59 Å². The topological polar surface area (TPSA) is 37.4 Å². The molecular weight excluding hydrogens is 214 g/mol. The van der Waals surface area contributed by atoms with Gasteiger partial charge >= 0.3 is 0 Å². The summed E-state index contributed by atoms with van der Waals surface area (Å²) >= 11 is 0. The van der Waals surface area contributed by atoms with Crippen LogP contribution >= 0.6 is 0 Å². The molecule has 1 amide bonds. The van der Waals surface area contributed by atoms with E-state index in [1.54, 1.807) is 7.05 Å². The van der Waals surface area contributed by atoms with Crippen molar-refractivity contribution in [1.29, 1.82) is 0 Å². The smallest absolute Gasteiger partial charge is 0.286 e. The molecular formula is C14H19NO2. The van der Waals surface area contributed by atoms with Gasteiger partial charge in [0.25, 0.3) is 5.91 Å². The van der Waals surface area contributed by atoms with Crippen LogP contribution in [0.2, 0.25) is 0 Å². The number of hydrogen-bond acceptors (Lipinski definition) is 2. The van der Waals surface area contributed by atoms with Gasteiger partial charge in [-0.2, -0.15) is 0 Å². The van der Waals surface area contributed by atoms with Gasteiger partial charge in [-0.05, 0) is 49.4 Å². The van der Waals surface area contributed by atoms with Crippen LogP contribution in [0.1, 0.15) is 22.3 Å². The second-order valence-electron chi connectivity index (χ2n) is 4.49. The van der Waals surface area contributed by atoms with E-state index in [0.29, 0.717) is 12.8 Å². The second-order valence-corrected chi connectivity index (χ2v) is 4.49.